The summed E-state index contributed by atoms with van der Waals surface area (Å²) >= 11 is 0. The van der Waals surface area contributed by atoms with E-state index in [0.29, 0.717) is 18.7 Å². The highest BCUT2D eigenvalue weighted by molar-refractivity contribution is 5.92. The monoisotopic (exact) mass is 395 g/mol. The van der Waals surface area contributed by atoms with Gasteiger partial charge in [-0.1, -0.05) is 48.8 Å². The van der Waals surface area contributed by atoms with Crippen LogP contribution in [-0.4, -0.2) is 52.9 Å². The van der Waals surface area contributed by atoms with Gasteiger partial charge in [0.25, 0.3) is 5.91 Å². The zero-order valence-corrected chi connectivity index (χ0v) is 17.1. The van der Waals surface area contributed by atoms with E-state index >= 15 is 0 Å². The molecule has 154 valence electrons. The number of carbonyl (C=O) groups is 2. The molecule has 1 aromatic carbocycles. The van der Waals surface area contributed by atoms with Crippen LogP contribution in [-0.2, 0) is 4.79 Å². The molecule has 2 saturated heterocycles. The van der Waals surface area contributed by atoms with E-state index in [1.807, 2.05) is 40.1 Å². The van der Waals surface area contributed by atoms with Crippen LogP contribution in [0.5, 0.6) is 0 Å². The Morgan fingerprint density at radius 2 is 2.03 bits per heavy atom. The minimum atomic E-state index is -0.101. The van der Waals surface area contributed by atoms with Gasteiger partial charge >= 0.3 is 0 Å². The molecule has 3 heterocycles. The fourth-order valence-corrected chi connectivity index (χ4v) is 4.65. The van der Waals surface area contributed by atoms with Crippen LogP contribution in [0, 0.1) is 5.41 Å². The highest BCUT2D eigenvalue weighted by atomic mass is 16.5. The Hall–Kier alpha value is -2.63. The van der Waals surface area contributed by atoms with E-state index in [-0.39, 0.29) is 23.0 Å². The molecule has 29 heavy (non-hydrogen) atoms. The summed E-state index contributed by atoms with van der Waals surface area (Å²) < 4.78 is 5.40. The van der Waals surface area contributed by atoms with Gasteiger partial charge in [0.2, 0.25) is 11.7 Å². The van der Waals surface area contributed by atoms with Crippen LogP contribution in [0.1, 0.15) is 56.0 Å². The number of aromatic nitrogens is 1. The fraction of sp³-hybridized carbons (Fsp3) is 0.522. The van der Waals surface area contributed by atoms with Crippen molar-refractivity contribution in [1.82, 2.24) is 15.0 Å². The van der Waals surface area contributed by atoms with E-state index in [1.54, 1.807) is 6.07 Å². The van der Waals surface area contributed by atoms with Crippen molar-refractivity contribution in [3.63, 3.8) is 0 Å². The van der Waals surface area contributed by atoms with Crippen molar-refractivity contribution in [2.45, 2.75) is 45.4 Å². The van der Waals surface area contributed by atoms with Crippen LogP contribution in [0.2, 0.25) is 0 Å². The minimum Gasteiger partial charge on any atom is -0.350 e. The molecule has 2 aliphatic heterocycles. The van der Waals surface area contributed by atoms with E-state index in [4.69, 9.17) is 4.52 Å². The lowest BCUT2D eigenvalue weighted by Gasteiger charge is -2.48. The summed E-state index contributed by atoms with van der Waals surface area (Å²) in [6.45, 7) is 5.15. The summed E-state index contributed by atoms with van der Waals surface area (Å²) in [6.07, 6.45) is 5.59. The van der Waals surface area contributed by atoms with Crippen LogP contribution in [0.25, 0.3) is 11.3 Å². The topological polar surface area (TPSA) is 66.7 Å². The van der Waals surface area contributed by atoms with Gasteiger partial charge in [0.05, 0.1) is 0 Å². The van der Waals surface area contributed by atoms with E-state index in [1.165, 1.54) is 0 Å². The number of nitrogens with zero attached hydrogens (tertiary/aromatic N) is 3. The van der Waals surface area contributed by atoms with E-state index in [9.17, 15) is 9.59 Å². The molecule has 0 bridgehead atoms. The van der Waals surface area contributed by atoms with Crippen LogP contribution in [0.4, 0.5) is 0 Å². The normalized spacial score (nSPS) is 22.3. The fourth-order valence-electron chi connectivity index (χ4n) is 4.65. The molecule has 1 atom stereocenters. The SMILES string of the molecule is CCCCN1C[C@@]2(CCCN(C(=O)c3cc(-c4ccccc4)no3)C2)CCC1=O. The predicted molar refractivity (Wildman–Crippen MR) is 110 cm³/mol. The quantitative estimate of drug-likeness (QED) is 0.768. The third kappa shape index (κ3) is 4.21. The second kappa shape index (κ2) is 8.39. The molecular formula is C23H29N3O3. The van der Waals surface area contributed by atoms with E-state index < -0.39 is 0 Å². The molecule has 2 fully saturated rings. The first-order chi connectivity index (χ1) is 14.1. The summed E-state index contributed by atoms with van der Waals surface area (Å²) in [5.41, 5.74) is 1.62. The van der Waals surface area contributed by atoms with Gasteiger partial charge < -0.3 is 14.3 Å². The maximum absolute atomic E-state index is 13.1. The standard InChI is InChI=1S/C23H29N3O3/c1-2-3-13-25-16-23(12-10-21(25)27)11-7-14-26(17-23)22(28)20-15-19(24-29-20)18-8-5-4-6-9-18/h4-6,8-9,15H,2-3,7,10-14,16-17H2,1H3/t23-/m1/s1. The first-order valence-electron chi connectivity index (χ1n) is 10.7. The Balaban J connectivity index is 1.46. The van der Waals surface area contributed by atoms with Crippen LogP contribution in [0.3, 0.4) is 0 Å². The zero-order chi connectivity index (χ0) is 20.3. The lowest BCUT2D eigenvalue weighted by Crippen LogP contribution is -2.55. The molecule has 6 nitrogen and oxygen atoms in total. The average molecular weight is 396 g/mol. The Morgan fingerprint density at radius 3 is 2.83 bits per heavy atom. The van der Waals surface area contributed by atoms with E-state index in [2.05, 4.69) is 12.1 Å². The highest BCUT2D eigenvalue weighted by Gasteiger charge is 2.43. The third-order valence-corrected chi connectivity index (χ3v) is 6.27. The molecule has 0 aliphatic carbocycles. The number of carbonyl (C=O) groups excluding carboxylic acids is 2. The molecule has 0 radical (unpaired) electrons. The molecule has 2 amide bonds. The summed E-state index contributed by atoms with van der Waals surface area (Å²) in [4.78, 5) is 29.3. The number of rotatable bonds is 5. The van der Waals surface area contributed by atoms with Gasteiger partial charge in [-0.2, -0.15) is 0 Å². The maximum Gasteiger partial charge on any atom is 0.292 e. The van der Waals surface area contributed by atoms with Gasteiger partial charge in [0.15, 0.2) is 0 Å². The van der Waals surface area contributed by atoms with Crippen molar-refractivity contribution >= 4 is 11.8 Å². The van der Waals surface area contributed by atoms with Gasteiger partial charge in [0, 0.05) is 49.6 Å². The van der Waals surface area contributed by atoms with Crippen molar-refractivity contribution in [2.75, 3.05) is 26.2 Å². The Labute approximate surface area is 171 Å². The largest absolute Gasteiger partial charge is 0.350 e. The molecule has 0 unspecified atom stereocenters. The predicted octanol–water partition coefficient (Wildman–Crippen LogP) is 3.99. The van der Waals surface area contributed by atoms with Gasteiger partial charge in [-0.3, -0.25) is 9.59 Å². The molecule has 0 N–H and O–H groups in total. The summed E-state index contributed by atoms with van der Waals surface area (Å²) in [5.74, 6) is 0.446. The second-order valence-electron chi connectivity index (χ2n) is 8.44. The van der Waals surface area contributed by atoms with Crippen LogP contribution in [0.15, 0.2) is 40.9 Å². The highest BCUT2D eigenvalue weighted by Crippen LogP contribution is 2.39. The zero-order valence-electron chi connectivity index (χ0n) is 17.1. The molecular weight excluding hydrogens is 366 g/mol. The van der Waals surface area contributed by atoms with Crippen molar-refractivity contribution in [1.29, 1.82) is 0 Å². The van der Waals surface area contributed by atoms with Crippen molar-refractivity contribution in [3.05, 3.63) is 42.2 Å². The van der Waals surface area contributed by atoms with E-state index in [0.717, 1.165) is 57.3 Å². The molecule has 6 heteroatoms. The number of benzene rings is 1. The van der Waals surface area contributed by atoms with Crippen molar-refractivity contribution in [3.8, 4) is 11.3 Å². The number of piperidine rings is 2. The number of hydrogen-bond donors (Lipinski definition) is 0. The number of likely N-dealkylation sites (tertiary alicyclic amines) is 2. The summed E-state index contributed by atoms with van der Waals surface area (Å²) in [7, 11) is 0. The van der Waals surface area contributed by atoms with Gasteiger partial charge in [-0.05, 0) is 25.7 Å². The molecule has 1 aromatic heterocycles. The summed E-state index contributed by atoms with van der Waals surface area (Å²) in [6, 6.07) is 11.5. The molecule has 1 spiro atoms. The van der Waals surface area contributed by atoms with Gasteiger partial charge in [-0.25, -0.2) is 0 Å². The second-order valence-corrected chi connectivity index (χ2v) is 8.44. The minimum absolute atomic E-state index is 0.0117. The lowest BCUT2D eigenvalue weighted by atomic mass is 9.73. The van der Waals surface area contributed by atoms with Crippen LogP contribution < -0.4 is 0 Å². The van der Waals surface area contributed by atoms with Gasteiger partial charge in [0.1, 0.15) is 5.69 Å². The molecule has 4 rings (SSSR count). The summed E-state index contributed by atoms with van der Waals surface area (Å²) in [5, 5.41) is 4.09. The molecule has 0 saturated carbocycles. The van der Waals surface area contributed by atoms with Gasteiger partial charge in [-0.15, -0.1) is 0 Å². The number of hydrogen-bond acceptors (Lipinski definition) is 4. The first-order valence-corrected chi connectivity index (χ1v) is 10.7. The molecule has 2 aromatic rings. The Bertz CT molecular complexity index is 863. The molecule has 2 aliphatic rings. The smallest absolute Gasteiger partial charge is 0.292 e. The van der Waals surface area contributed by atoms with Crippen molar-refractivity contribution in [2.24, 2.45) is 5.41 Å². The van der Waals surface area contributed by atoms with Crippen molar-refractivity contribution < 1.29 is 14.1 Å². The first kappa shape index (κ1) is 19.7. The Kier molecular flexibility index (Phi) is 5.69. The third-order valence-electron chi connectivity index (χ3n) is 6.27. The lowest BCUT2D eigenvalue weighted by molar-refractivity contribution is -0.139. The van der Waals surface area contributed by atoms with Crippen LogP contribution >= 0.6 is 0 Å². The Morgan fingerprint density at radius 1 is 1.21 bits per heavy atom. The number of amides is 2. The number of unbranched alkanes of at least 4 members (excludes halogenated alkanes) is 1. The average Bonchev–Trinajstić information content (AvgIpc) is 3.25. The maximum atomic E-state index is 13.1.